The van der Waals surface area contributed by atoms with Crippen LogP contribution < -0.4 is 5.32 Å². The van der Waals surface area contributed by atoms with Crippen molar-refractivity contribution >= 4 is 17.5 Å². The SMILES string of the molecule is O=C(NC1CC2CCN(C2)C1)c1ncc(Cl)cc1F. The molecular weight excluding hydrogens is 269 g/mol. The van der Waals surface area contributed by atoms with E-state index >= 15 is 0 Å². The van der Waals surface area contributed by atoms with Gasteiger partial charge in [0.05, 0.1) is 5.02 Å². The van der Waals surface area contributed by atoms with Crippen LogP contribution in [0.5, 0.6) is 0 Å². The Morgan fingerprint density at radius 2 is 2.37 bits per heavy atom. The van der Waals surface area contributed by atoms with Crippen molar-refractivity contribution in [1.29, 1.82) is 0 Å². The van der Waals surface area contributed by atoms with Crippen LogP contribution in [0, 0.1) is 11.7 Å². The molecule has 2 fully saturated rings. The van der Waals surface area contributed by atoms with Gasteiger partial charge in [0.2, 0.25) is 0 Å². The van der Waals surface area contributed by atoms with Crippen molar-refractivity contribution in [3.8, 4) is 0 Å². The molecule has 0 aromatic carbocycles. The van der Waals surface area contributed by atoms with Crippen LogP contribution in [0.3, 0.4) is 0 Å². The lowest BCUT2D eigenvalue weighted by Crippen LogP contribution is -2.47. The van der Waals surface area contributed by atoms with Crippen LogP contribution in [0.15, 0.2) is 12.3 Å². The van der Waals surface area contributed by atoms with Crippen LogP contribution in [0.4, 0.5) is 4.39 Å². The van der Waals surface area contributed by atoms with Gasteiger partial charge in [0.25, 0.3) is 5.91 Å². The number of carbonyl (C=O) groups is 1. The standard InChI is InChI=1S/C13H15ClFN3O/c14-9-4-11(15)12(16-5-9)13(19)17-10-3-8-1-2-18(6-8)7-10/h4-5,8,10H,1-3,6-7H2,(H,17,19). The van der Waals surface area contributed by atoms with Crippen molar-refractivity contribution in [2.45, 2.75) is 18.9 Å². The van der Waals surface area contributed by atoms with Gasteiger partial charge in [0, 0.05) is 25.3 Å². The minimum atomic E-state index is -0.677. The lowest BCUT2D eigenvalue weighted by molar-refractivity contribution is 0.0900. The predicted octanol–water partition coefficient (Wildman–Crippen LogP) is 1.70. The number of halogens is 2. The molecule has 1 amide bonds. The van der Waals surface area contributed by atoms with E-state index in [-0.39, 0.29) is 16.8 Å². The maximum absolute atomic E-state index is 13.6. The van der Waals surface area contributed by atoms with Crippen LogP contribution in [0.2, 0.25) is 5.02 Å². The van der Waals surface area contributed by atoms with Gasteiger partial charge in [-0.3, -0.25) is 4.79 Å². The van der Waals surface area contributed by atoms with Gasteiger partial charge in [-0.25, -0.2) is 9.37 Å². The highest BCUT2D eigenvalue weighted by Gasteiger charge is 2.33. The molecule has 1 aromatic rings. The molecule has 2 aliphatic rings. The van der Waals surface area contributed by atoms with E-state index in [4.69, 9.17) is 11.6 Å². The van der Waals surface area contributed by atoms with Crippen LogP contribution in [-0.2, 0) is 0 Å². The fourth-order valence-corrected chi connectivity index (χ4v) is 3.14. The number of nitrogens with one attached hydrogen (secondary N) is 1. The summed E-state index contributed by atoms with van der Waals surface area (Å²) in [6.45, 7) is 3.07. The second-order valence-corrected chi connectivity index (χ2v) is 5.74. The van der Waals surface area contributed by atoms with Crippen molar-refractivity contribution in [1.82, 2.24) is 15.2 Å². The van der Waals surface area contributed by atoms with Crippen LogP contribution in [0.1, 0.15) is 23.3 Å². The van der Waals surface area contributed by atoms with Crippen molar-refractivity contribution in [3.05, 3.63) is 28.8 Å². The molecule has 1 aromatic heterocycles. The largest absolute Gasteiger partial charge is 0.347 e. The molecule has 2 saturated heterocycles. The third-order valence-electron chi connectivity index (χ3n) is 3.82. The molecule has 0 saturated carbocycles. The van der Waals surface area contributed by atoms with Gasteiger partial charge >= 0.3 is 0 Å². The fourth-order valence-electron chi connectivity index (χ4n) is 3.00. The number of carbonyl (C=O) groups excluding carboxylic acids is 1. The number of piperidine rings is 1. The molecule has 2 bridgehead atoms. The summed E-state index contributed by atoms with van der Waals surface area (Å²) in [5.74, 6) is -0.479. The van der Waals surface area contributed by atoms with Gasteiger partial charge < -0.3 is 10.2 Å². The Hall–Kier alpha value is -1.20. The predicted molar refractivity (Wildman–Crippen MR) is 69.6 cm³/mol. The topological polar surface area (TPSA) is 45.2 Å². The number of aromatic nitrogens is 1. The zero-order chi connectivity index (χ0) is 13.4. The summed E-state index contributed by atoms with van der Waals surface area (Å²) in [7, 11) is 0. The summed E-state index contributed by atoms with van der Waals surface area (Å²) in [5.41, 5.74) is -0.183. The highest BCUT2D eigenvalue weighted by atomic mass is 35.5. The quantitative estimate of drug-likeness (QED) is 0.898. The van der Waals surface area contributed by atoms with Crippen LogP contribution in [0.25, 0.3) is 0 Å². The second-order valence-electron chi connectivity index (χ2n) is 5.30. The van der Waals surface area contributed by atoms with E-state index in [0.717, 1.165) is 32.1 Å². The molecule has 0 spiro atoms. The normalized spacial score (nSPS) is 29.3. The highest BCUT2D eigenvalue weighted by Crippen LogP contribution is 2.26. The molecule has 4 nitrogen and oxygen atoms in total. The fraction of sp³-hybridized carbons (Fsp3) is 0.538. The lowest BCUT2D eigenvalue weighted by Gasteiger charge is -2.30. The Bertz CT molecular complexity index is 499. The van der Waals surface area contributed by atoms with Gasteiger partial charge in [0.15, 0.2) is 11.5 Å². The highest BCUT2D eigenvalue weighted by molar-refractivity contribution is 6.30. The van der Waals surface area contributed by atoms with Crippen LogP contribution >= 0.6 is 11.6 Å². The van der Waals surface area contributed by atoms with E-state index in [1.165, 1.54) is 12.6 Å². The summed E-state index contributed by atoms with van der Waals surface area (Å²) in [4.78, 5) is 18.1. The summed E-state index contributed by atoms with van der Waals surface area (Å²) >= 11 is 5.62. The van der Waals surface area contributed by atoms with Gasteiger partial charge in [-0.05, 0) is 31.4 Å². The first-order valence-corrected chi connectivity index (χ1v) is 6.84. The Morgan fingerprint density at radius 3 is 3.11 bits per heavy atom. The summed E-state index contributed by atoms with van der Waals surface area (Å²) < 4.78 is 13.6. The molecule has 0 radical (unpaired) electrons. The van der Waals surface area contributed by atoms with Crippen molar-refractivity contribution in [2.75, 3.05) is 19.6 Å². The van der Waals surface area contributed by atoms with Gasteiger partial charge in [-0.15, -0.1) is 0 Å². The molecule has 3 unspecified atom stereocenters. The summed E-state index contributed by atoms with van der Waals surface area (Å²) in [6.07, 6.45) is 3.45. The minimum Gasteiger partial charge on any atom is -0.347 e. The molecule has 3 atom stereocenters. The van der Waals surface area contributed by atoms with E-state index in [0.29, 0.717) is 5.92 Å². The molecule has 1 N–H and O–H groups in total. The minimum absolute atomic E-state index is 0.0885. The first-order chi connectivity index (χ1) is 9.11. The summed E-state index contributed by atoms with van der Waals surface area (Å²) in [6, 6.07) is 1.20. The zero-order valence-electron chi connectivity index (χ0n) is 10.4. The number of nitrogens with zero attached hydrogens (tertiary/aromatic N) is 2. The second kappa shape index (κ2) is 5.06. The average Bonchev–Trinajstić information content (AvgIpc) is 2.68. The molecular formula is C13H15ClFN3O. The molecule has 6 heteroatoms. The maximum Gasteiger partial charge on any atom is 0.273 e. The number of fused-ring (bicyclic) bond motifs is 2. The van der Waals surface area contributed by atoms with E-state index in [1.807, 2.05) is 0 Å². The molecule has 102 valence electrons. The van der Waals surface area contributed by atoms with E-state index in [1.54, 1.807) is 0 Å². The molecule has 0 aliphatic carbocycles. The monoisotopic (exact) mass is 283 g/mol. The third-order valence-corrected chi connectivity index (χ3v) is 4.03. The van der Waals surface area contributed by atoms with Gasteiger partial charge in [-0.2, -0.15) is 0 Å². The van der Waals surface area contributed by atoms with E-state index < -0.39 is 11.7 Å². The lowest BCUT2D eigenvalue weighted by atomic mass is 9.97. The number of hydrogen-bond donors (Lipinski definition) is 1. The number of amides is 1. The Labute approximate surface area is 115 Å². The molecule has 2 aliphatic heterocycles. The van der Waals surface area contributed by atoms with Crippen molar-refractivity contribution in [2.24, 2.45) is 5.92 Å². The Balaban J connectivity index is 1.68. The zero-order valence-corrected chi connectivity index (χ0v) is 11.2. The molecule has 3 rings (SSSR count). The van der Waals surface area contributed by atoms with Gasteiger partial charge in [-0.1, -0.05) is 11.6 Å². The first-order valence-electron chi connectivity index (χ1n) is 6.46. The van der Waals surface area contributed by atoms with E-state index in [2.05, 4.69) is 15.2 Å². The Morgan fingerprint density at radius 1 is 1.53 bits per heavy atom. The molecule has 19 heavy (non-hydrogen) atoms. The van der Waals surface area contributed by atoms with Crippen LogP contribution in [-0.4, -0.2) is 41.5 Å². The van der Waals surface area contributed by atoms with Gasteiger partial charge in [0.1, 0.15) is 0 Å². The number of pyridine rings is 1. The summed E-state index contributed by atoms with van der Waals surface area (Å²) in [5, 5.41) is 3.06. The van der Waals surface area contributed by atoms with Crippen molar-refractivity contribution < 1.29 is 9.18 Å². The number of hydrogen-bond acceptors (Lipinski definition) is 3. The number of rotatable bonds is 2. The third kappa shape index (κ3) is 2.72. The Kier molecular flexibility index (Phi) is 3.41. The van der Waals surface area contributed by atoms with Crippen molar-refractivity contribution in [3.63, 3.8) is 0 Å². The molecule has 3 heterocycles. The smallest absolute Gasteiger partial charge is 0.273 e. The first kappa shape index (κ1) is 12.8. The average molecular weight is 284 g/mol. The van der Waals surface area contributed by atoms with E-state index in [9.17, 15) is 9.18 Å². The maximum atomic E-state index is 13.6.